The number of hydrogen-bond acceptors (Lipinski definition) is 4. The monoisotopic (exact) mass is 289 g/mol. The quantitative estimate of drug-likeness (QED) is 0.916. The summed E-state index contributed by atoms with van der Waals surface area (Å²) in [5.74, 6) is 0.443. The highest BCUT2D eigenvalue weighted by molar-refractivity contribution is 7.15. The summed E-state index contributed by atoms with van der Waals surface area (Å²) < 4.78 is 0. The van der Waals surface area contributed by atoms with Gasteiger partial charge >= 0.3 is 0 Å². The standard InChI is InChI=1S/C16H23N3S/c1-11(2)14-13(10-18-16(3,4)5)20-15(19-14)12-6-8-17-9-7-12/h6-9,11,18H,10H2,1-5H3. The van der Waals surface area contributed by atoms with Crippen molar-refractivity contribution >= 4 is 11.3 Å². The van der Waals surface area contributed by atoms with Crippen molar-refractivity contribution in [2.24, 2.45) is 0 Å². The average Bonchev–Trinajstić information content (AvgIpc) is 2.81. The molecular formula is C16H23N3S. The van der Waals surface area contributed by atoms with Crippen LogP contribution in [-0.2, 0) is 6.54 Å². The van der Waals surface area contributed by atoms with Crippen molar-refractivity contribution in [3.05, 3.63) is 35.1 Å². The molecule has 20 heavy (non-hydrogen) atoms. The van der Waals surface area contributed by atoms with Gasteiger partial charge in [0.05, 0.1) is 5.69 Å². The smallest absolute Gasteiger partial charge is 0.124 e. The number of nitrogens with zero attached hydrogens (tertiary/aromatic N) is 2. The van der Waals surface area contributed by atoms with Gasteiger partial charge in [-0.1, -0.05) is 13.8 Å². The van der Waals surface area contributed by atoms with Crippen LogP contribution < -0.4 is 5.32 Å². The molecule has 108 valence electrons. The number of nitrogens with one attached hydrogen (secondary N) is 1. The minimum atomic E-state index is 0.120. The molecule has 0 atom stereocenters. The fourth-order valence-corrected chi connectivity index (χ4v) is 3.07. The summed E-state index contributed by atoms with van der Waals surface area (Å²) in [6.07, 6.45) is 3.64. The second-order valence-corrected chi connectivity index (χ2v) is 7.41. The van der Waals surface area contributed by atoms with Crippen LogP contribution in [0, 0.1) is 0 Å². The van der Waals surface area contributed by atoms with Crippen molar-refractivity contribution < 1.29 is 0 Å². The second kappa shape index (κ2) is 6.02. The molecular weight excluding hydrogens is 266 g/mol. The third-order valence-electron chi connectivity index (χ3n) is 2.98. The normalized spacial score (nSPS) is 12.1. The van der Waals surface area contributed by atoms with Crippen LogP contribution in [0.4, 0.5) is 0 Å². The van der Waals surface area contributed by atoms with Gasteiger partial charge in [-0.25, -0.2) is 4.98 Å². The molecule has 3 nitrogen and oxygen atoms in total. The lowest BCUT2D eigenvalue weighted by molar-refractivity contribution is 0.425. The van der Waals surface area contributed by atoms with Crippen LogP contribution >= 0.6 is 11.3 Å². The minimum Gasteiger partial charge on any atom is -0.307 e. The number of thiazole rings is 1. The van der Waals surface area contributed by atoms with Crippen molar-refractivity contribution in [3.63, 3.8) is 0 Å². The van der Waals surface area contributed by atoms with E-state index in [1.54, 1.807) is 11.3 Å². The molecule has 2 aromatic rings. The van der Waals surface area contributed by atoms with Crippen LogP contribution in [0.3, 0.4) is 0 Å². The first kappa shape index (κ1) is 15.1. The molecule has 0 aliphatic carbocycles. The van der Waals surface area contributed by atoms with E-state index in [2.05, 4.69) is 44.9 Å². The molecule has 0 aromatic carbocycles. The third kappa shape index (κ3) is 3.87. The molecule has 4 heteroatoms. The summed E-state index contributed by atoms with van der Waals surface area (Å²) in [5.41, 5.74) is 2.47. The first-order chi connectivity index (χ1) is 9.37. The van der Waals surface area contributed by atoms with Crippen molar-refractivity contribution in [1.82, 2.24) is 15.3 Å². The lowest BCUT2D eigenvalue weighted by atomic mass is 10.1. The number of hydrogen-bond donors (Lipinski definition) is 1. The Kier molecular flexibility index (Phi) is 4.55. The highest BCUT2D eigenvalue weighted by atomic mass is 32.1. The molecule has 2 heterocycles. The Morgan fingerprint density at radius 2 is 1.85 bits per heavy atom. The van der Waals surface area contributed by atoms with Gasteiger partial charge in [-0.05, 0) is 38.8 Å². The lowest BCUT2D eigenvalue weighted by Gasteiger charge is -2.20. The van der Waals surface area contributed by atoms with Gasteiger partial charge < -0.3 is 5.32 Å². The summed E-state index contributed by atoms with van der Waals surface area (Å²) in [6.45, 7) is 11.8. The molecule has 0 bridgehead atoms. The van der Waals surface area contributed by atoms with Crippen LogP contribution in [0.2, 0.25) is 0 Å². The van der Waals surface area contributed by atoms with Gasteiger partial charge in [-0.3, -0.25) is 4.98 Å². The van der Waals surface area contributed by atoms with E-state index in [0.717, 1.165) is 17.1 Å². The molecule has 0 radical (unpaired) electrons. The predicted molar refractivity (Wildman–Crippen MR) is 86.0 cm³/mol. The minimum absolute atomic E-state index is 0.120. The maximum absolute atomic E-state index is 4.83. The fraction of sp³-hybridized carbons (Fsp3) is 0.500. The van der Waals surface area contributed by atoms with Gasteiger partial charge in [0.25, 0.3) is 0 Å². The zero-order chi connectivity index (χ0) is 14.8. The van der Waals surface area contributed by atoms with Crippen LogP contribution in [-0.4, -0.2) is 15.5 Å². The van der Waals surface area contributed by atoms with Crippen LogP contribution in [0.15, 0.2) is 24.5 Å². The summed E-state index contributed by atoms with van der Waals surface area (Å²) in [7, 11) is 0. The SMILES string of the molecule is CC(C)c1nc(-c2ccncc2)sc1CNC(C)(C)C. The molecule has 0 unspecified atom stereocenters. The Balaban J connectivity index is 2.29. The second-order valence-electron chi connectivity index (χ2n) is 6.32. The van der Waals surface area contributed by atoms with Gasteiger partial charge in [-0.2, -0.15) is 0 Å². The van der Waals surface area contributed by atoms with E-state index in [1.807, 2.05) is 24.5 Å². The summed E-state index contributed by atoms with van der Waals surface area (Å²) in [4.78, 5) is 10.2. The highest BCUT2D eigenvalue weighted by Crippen LogP contribution is 2.31. The number of pyridine rings is 1. The Labute approximate surface area is 125 Å². The summed E-state index contributed by atoms with van der Waals surface area (Å²) in [6, 6.07) is 4.04. The third-order valence-corrected chi connectivity index (χ3v) is 4.10. The van der Waals surface area contributed by atoms with Crippen LogP contribution in [0.25, 0.3) is 10.6 Å². The fourth-order valence-electron chi connectivity index (χ4n) is 1.90. The van der Waals surface area contributed by atoms with Crippen LogP contribution in [0.5, 0.6) is 0 Å². The zero-order valence-corrected chi connectivity index (χ0v) is 13.7. The van der Waals surface area contributed by atoms with E-state index in [4.69, 9.17) is 4.98 Å². The molecule has 0 saturated carbocycles. The number of aromatic nitrogens is 2. The van der Waals surface area contributed by atoms with E-state index < -0.39 is 0 Å². The number of rotatable bonds is 4. The van der Waals surface area contributed by atoms with Crippen molar-refractivity contribution in [2.75, 3.05) is 0 Å². The van der Waals surface area contributed by atoms with Gasteiger partial charge in [0, 0.05) is 34.9 Å². The van der Waals surface area contributed by atoms with Crippen molar-refractivity contribution in [3.8, 4) is 10.6 Å². The Hall–Kier alpha value is -1.26. The molecule has 2 rings (SSSR count). The van der Waals surface area contributed by atoms with Gasteiger partial charge in [0.1, 0.15) is 5.01 Å². The zero-order valence-electron chi connectivity index (χ0n) is 12.9. The van der Waals surface area contributed by atoms with E-state index in [0.29, 0.717) is 5.92 Å². The maximum atomic E-state index is 4.83. The molecule has 0 saturated heterocycles. The Morgan fingerprint density at radius 3 is 2.40 bits per heavy atom. The van der Waals surface area contributed by atoms with Crippen LogP contribution in [0.1, 0.15) is 51.1 Å². The van der Waals surface area contributed by atoms with Crippen molar-refractivity contribution in [2.45, 2.75) is 52.6 Å². The Morgan fingerprint density at radius 1 is 1.20 bits per heavy atom. The highest BCUT2D eigenvalue weighted by Gasteiger charge is 2.17. The maximum Gasteiger partial charge on any atom is 0.124 e. The Bertz CT molecular complexity index is 553. The summed E-state index contributed by atoms with van der Waals surface area (Å²) in [5, 5.41) is 4.64. The van der Waals surface area contributed by atoms with E-state index >= 15 is 0 Å². The van der Waals surface area contributed by atoms with E-state index in [-0.39, 0.29) is 5.54 Å². The van der Waals surface area contributed by atoms with Gasteiger partial charge in [0.15, 0.2) is 0 Å². The molecule has 2 aromatic heterocycles. The largest absolute Gasteiger partial charge is 0.307 e. The molecule has 0 aliphatic heterocycles. The van der Waals surface area contributed by atoms with Gasteiger partial charge in [-0.15, -0.1) is 11.3 Å². The molecule has 0 amide bonds. The molecule has 0 aliphatic rings. The van der Waals surface area contributed by atoms with Gasteiger partial charge in [0.2, 0.25) is 0 Å². The first-order valence-electron chi connectivity index (χ1n) is 7.02. The first-order valence-corrected chi connectivity index (χ1v) is 7.83. The average molecular weight is 289 g/mol. The van der Waals surface area contributed by atoms with E-state index in [9.17, 15) is 0 Å². The molecule has 1 N–H and O–H groups in total. The predicted octanol–water partition coefficient (Wildman–Crippen LogP) is 4.22. The van der Waals surface area contributed by atoms with Crippen molar-refractivity contribution in [1.29, 1.82) is 0 Å². The van der Waals surface area contributed by atoms with E-state index in [1.165, 1.54) is 10.6 Å². The molecule has 0 fully saturated rings. The topological polar surface area (TPSA) is 37.8 Å². The molecule has 0 spiro atoms. The lowest BCUT2D eigenvalue weighted by Crippen LogP contribution is -2.35. The summed E-state index contributed by atoms with van der Waals surface area (Å²) >= 11 is 1.78.